The Kier molecular flexibility index (Phi) is 5.89. The Morgan fingerprint density at radius 3 is 2.41 bits per heavy atom. The van der Waals surface area contributed by atoms with Crippen molar-refractivity contribution in [2.45, 2.75) is 46.1 Å². The molecule has 0 heterocycles. The molecule has 0 aromatic rings. The average Bonchev–Trinajstić information content (AvgIpc) is 3.04. The lowest BCUT2D eigenvalue weighted by Crippen LogP contribution is -2.41. The molecule has 0 aliphatic heterocycles. The van der Waals surface area contributed by atoms with Crippen LogP contribution in [0.3, 0.4) is 0 Å². The fourth-order valence-corrected chi connectivity index (χ4v) is 3.54. The molecular weight excluding hydrogens is 236 g/mol. The first-order valence-corrected chi connectivity index (χ1v) is 8.28. The predicted octanol–water partition coefficient (Wildman–Crippen LogP) is 1.44. The van der Waals surface area contributed by atoms with Crippen molar-refractivity contribution in [3.8, 4) is 0 Å². The summed E-state index contributed by atoms with van der Waals surface area (Å²) in [5.74, 6) is 0.827. The van der Waals surface area contributed by atoms with Crippen LogP contribution >= 0.6 is 0 Å². The maximum absolute atomic E-state index is 12.2. The van der Waals surface area contributed by atoms with Gasteiger partial charge in [0.1, 0.15) is 0 Å². The first kappa shape index (κ1) is 14.9. The molecule has 0 aromatic heterocycles. The second-order valence-electron chi connectivity index (χ2n) is 5.17. The Labute approximate surface area is 106 Å². The van der Waals surface area contributed by atoms with Crippen LogP contribution in [0, 0.1) is 5.92 Å². The quantitative estimate of drug-likeness (QED) is 0.640. The van der Waals surface area contributed by atoms with Gasteiger partial charge in [0, 0.05) is 19.1 Å². The highest BCUT2D eigenvalue weighted by atomic mass is 32.2. The topological polar surface area (TPSA) is 49.4 Å². The summed E-state index contributed by atoms with van der Waals surface area (Å²) in [6, 6.07) is 0.0757. The summed E-state index contributed by atoms with van der Waals surface area (Å²) in [7, 11) is -3.09. The van der Waals surface area contributed by atoms with Gasteiger partial charge in [0.25, 0.3) is 0 Å². The summed E-state index contributed by atoms with van der Waals surface area (Å²) >= 11 is 0. The number of nitrogens with zero attached hydrogens (tertiary/aromatic N) is 1. The molecule has 1 fully saturated rings. The fraction of sp³-hybridized carbons (Fsp3) is 1.00. The van der Waals surface area contributed by atoms with E-state index >= 15 is 0 Å². The largest absolute Gasteiger partial charge is 0.316 e. The first-order valence-electron chi connectivity index (χ1n) is 6.67. The Morgan fingerprint density at radius 2 is 1.94 bits per heavy atom. The molecular formula is C12H26N2O2S. The minimum absolute atomic E-state index is 0.0757. The van der Waals surface area contributed by atoms with Crippen molar-refractivity contribution in [3.05, 3.63) is 0 Å². The number of nitrogens with one attached hydrogen (secondary N) is 1. The third-order valence-corrected chi connectivity index (χ3v) is 5.04. The van der Waals surface area contributed by atoms with Gasteiger partial charge in [-0.3, -0.25) is 0 Å². The van der Waals surface area contributed by atoms with Crippen LogP contribution in [-0.4, -0.2) is 44.2 Å². The lowest BCUT2D eigenvalue weighted by Gasteiger charge is -2.26. The smallest absolute Gasteiger partial charge is 0.215 e. The van der Waals surface area contributed by atoms with Gasteiger partial charge >= 0.3 is 0 Å². The summed E-state index contributed by atoms with van der Waals surface area (Å²) < 4.78 is 26.0. The van der Waals surface area contributed by atoms with Crippen LogP contribution in [0.25, 0.3) is 0 Å². The predicted molar refractivity (Wildman–Crippen MR) is 71.5 cm³/mol. The molecule has 102 valence electrons. The minimum Gasteiger partial charge on any atom is -0.316 e. The van der Waals surface area contributed by atoms with E-state index in [4.69, 9.17) is 0 Å². The highest BCUT2D eigenvalue weighted by Crippen LogP contribution is 2.31. The van der Waals surface area contributed by atoms with Gasteiger partial charge in [-0.1, -0.05) is 6.92 Å². The van der Waals surface area contributed by atoms with Crippen molar-refractivity contribution in [2.24, 2.45) is 5.92 Å². The van der Waals surface area contributed by atoms with Crippen LogP contribution in [0.1, 0.15) is 40.0 Å². The second-order valence-corrected chi connectivity index (χ2v) is 7.21. The molecule has 0 bridgehead atoms. The van der Waals surface area contributed by atoms with Crippen LogP contribution in [0.4, 0.5) is 0 Å². The van der Waals surface area contributed by atoms with Crippen LogP contribution in [-0.2, 0) is 10.0 Å². The van der Waals surface area contributed by atoms with E-state index in [1.165, 1.54) is 12.8 Å². The zero-order valence-corrected chi connectivity index (χ0v) is 12.1. The van der Waals surface area contributed by atoms with E-state index in [-0.39, 0.29) is 11.8 Å². The maximum Gasteiger partial charge on any atom is 0.215 e. The van der Waals surface area contributed by atoms with Crippen LogP contribution in [0.15, 0.2) is 0 Å². The van der Waals surface area contributed by atoms with Crippen molar-refractivity contribution >= 4 is 10.0 Å². The molecule has 0 spiro atoms. The van der Waals surface area contributed by atoms with Gasteiger partial charge in [-0.05, 0) is 45.6 Å². The highest BCUT2D eigenvalue weighted by Gasteiger charge is 2.31. The summed E-state index contributed by atoms with van der Waals surface area (Å²) in [5.41, 5.74) is 0. The zero-order valence-electron chi connectivity index (χ0n) is 11.3. The van der Waals surface area contributed by atoms with E-state index in [9.17, 15) is 8.42 Å². The van der Waals surface area contributed by atoms with E-state index in [0.29, 0.717) is 19.0 Å². The minimum atomic E-state index is -3.09. The van der Waals surface area contributed by atoms with E-state index in [2.05, 4.69) is 12.2 Å². The molecule has 0 atom stereocenters. The molecule has 0 saturated heterocycles. The van der Waals surface area contributed by atoms with Crippen molar-refractivity contribution in [1.29, 1.82) is 0 Å². The van der Waals surface area contributed by atoms with E-state index in [0.717, 1.165) is 13.0 Å². The SMILES string of the molecule is CCCNCCS(=O)(=O)N(CC1CC1)C(C)C. The van der Waals surface area contributed by atoms with Crippen LogP contribution < -0.4 is 5.32 Å². The molecule has 1 N–H and O–H groups in total. The molecule has 0 unspecified atom stereocenters. The monoisotopic (exact) mass is 262 g/mol. The van der Waals surface area contributed by atoms with Gasteiger partial charge < -0.3 is 5.32 Å². The van der Waals surface area contributed by atoms with Gasteiger partial charge in [0.2, 0.25) is 10.0 Å². The van der Waals surface area contributed by atoms with Gasteiger partial charge in [-0.15, -0.1) is 0 Å². The van der Waals surface area contributed by atoms with Gasteiger partial charge in [0.15, 0.2) is 0 Å². The molecule has 17 heavy (non-hydrogen) atoms. The first-order chi connectivity index (χ1) is 7.97. The van der Waals surface area contributed by atoms with Crippen LogP contribution in [0.2, 0.25) is 0 Å². The molecule has 0 aromatic carbocycles. The number of hydrogen-bond donors (Lipinski definition) is 1. The molecule has 4 nitrogen and oxygen atoms in total. The molecule has 1 rings (SSSR count). The zero-order chi connectivity index (χ0) is 12.9. The Morgan fingerprint density at radius 1 is 1.29 bits per heavy atom. The third-order valence-electron chi connectivity index (χ3n) is 3.03. The van der Waals surface area contributed by atoms with Crippen molar-refractivity contribution in [3.63, 3.8) is 0 Å². The van der Waals surface area contributed by atoms with E-state index in [1.54, 1.807) is 4.31 Å². The third kappa shape index (κ3) is 5.36. The van der Waals surface area contributed by atoms with Gasteiger partial charge in [-0.2, -0.15) is 4.31 Å². The van der Waals surface area contributed by atoms with Gasteiger partial charge in [-0.25, -0.2) is 8.42 Å². The normalized spacial score (nSPS) is 17.0. The number of sulfonamides is 1. The Balaban J connectivity index is 2.45. The summed E-state index contributed by atoms with van der Waals surface area (Å²) in [4.78, 5) is 0. The Bertz CT molecular complexity index is 310. The van der Waals surface area contributed by atoms with Crippen LogP contribution in [0.5, 0.6) is 0 Å². The summed E-state index contributed by atoms with van der Waals surface area (Å²) in [6.45, 7) is 8.16. The molecule has 0 amide bonds. The Hall–Kier alpha value is -0.130. The van der Waals surface area contributed by atoms with E-state index in [1.807, 2.05) is 13.8 Å². The lowest BCUT2D eigenvalue weighted by molar-refractivity contribution is 0.341. The fourth-order valence-electron chi connectivity index (χ4n) is 1.82. The standard InChI is InChI=1S/C12H26N2O2S/c1-4-7-13-8-9-17(15,16)14(11(2)3)10-12-5-6-12/h11-13H,4-10H2,1-3H3. The molecule has 1 aliphatic rings. The van der Waals surface area contributed by atoms with Crippen molar-refractivity contribution < 1.29 is 8.42 Å². The molecule has 0 radical (unpaired) electrons. The maximum atomic E-state index is 12.2. The average molecular weight is 262 g/mol. The second kappa shape index (κ2) is 6.71. The lowest BCUT2D eigenvalue weighted by atomic mass is 10.3. The molecule has 1 saturated carbocycles. The van der Waals surface area contributed by atoms with E-state index < -0.39 is 10.0 Å². The highest BCUT2D eigenvalue weighted by molar-refractivity contribution is 7.89. The number of hydrogen-bond acceptors (Lipinski definition) is 3. The molecule has 1 aliphatic carbocycles. The van der Waals surface area contributed by atoms with Crippen molar-refractivity contribution in [1.82, 2.24) is 9.62 Å². The van der Waals surface area contributed by atoms with Crippen molar-refractivity contribution in [2.75, 3.05) is 25.4 Å². The van der Waals surface area contributed by atoms with Gasteiger partial charge in [0.05, 0.1) is 5.75 Å². The summed E-state index contributed by atoms with van der Waals surface area (Å²) in [6.07, 6.45) is 3.41. The number of rotatable bonds is 9. The molecule has 5 heteroatoms. The summed E-state index contributed by atoms with van der Waals surface area (Å²) in [5, 5.41) is 3.15.